The SMILES string of the molecule is CC(C1CC1)N(CC(F)(F)F)C(=O)COC(=O)c1n[nH]c2ccccc12. The maximum absolute atomic E-state index is 12.8. The molecular formula is C17H18F3N3O3. The summed E-state index contributed by atoms with van der Waals surface area (Å²) in [7, 11) is 0. The van der Waals surface area contributed by atoms with E-state index < -0.39 is 37.2 Å². The van der Waals surface area contributed by atoms with Crippen LogP contribution in [-0.4, -0.2) is 52.3 Å². The number of H-pyrrole nitrogens is 1. The number of para-hydroxylation sites is 1. The van der Waals surface area contributed by atoms with Gasteiger partial charge in [0.25, 0.3) is 5.91 Å². The van der Waals surface area contributed by atoms with Gasteiger partial charge in [-0.25, -0.2) is 4.79 Å². The summed E-state index contributed by atoms with van der Waals surface area (Å²) in [6.07, 6.45) is -2.93. The summed E-state index contributed by atoms with van der Waals surface area (Å²) in [6, 6.07) is 6.29. The lowest BCUT2D eigenvalue weighted by atomic mass is 10.2. The van der Waals surface area contributed by atoms with Gasteiger partial charge in [-0.1, -0.05) is 18.2 Å². The quantitative estimate of drug-likeness (QED) is 0.795. The van der Waals surface area contributed by atoms with Gasteiger partial charge in [0.1, 0.15) is 6.54 Å². The van der Waals surface area contributed by atoms with E-state index in [1.54, 1.807) is 31.2 Å². The lowest BCUT2D eigenvalue weighted by Gasteiger charge is -2.30. The van der Waals surface area contributed by atoms with E-state index in [1.165, 1.54) is 0 Å². The standard InChI is InChI=1S/C17H18F3N3O3/c1-10(11-6-7-11)23(9-17(18,19)20)14(24)8-26-16(25)15-12-4-2-3-5-13(12)21-22-15/h2-5,10-11H,6-9H2,1H3,(H,21,22). The Morgan fingerprint density at radius 1 is 1.35 bits per heavy atom. The first kappa shape index (κ1) is 18.2. The molecule has 2 aromatic rings. The third-order valence-electron chi connectivity index (χ3n) is 4.46. The maximum Gasteiger partial charge on any atom is 0.406 e. The van der Waals surface area contributed by atoms with Crippen molar-refractivity contribution < 1.29 is 27.5 Å². The van der Waals surface area contributed by atoms with Crippen molar-refractivity contribution in [1.82, 2.24) is 15.1 Å². The molecule has 1 N–H and O–H groups in total. The van der Waals surface area contributed by atoms with Crippen molar-refractivity contribution in [2.75, 3.05) is 13.2 Å². The highest BCUT2D eigenvalue weighted by Crippen LogP contribution is 2.36. The van der Waals surface area contributed by atoms with Gasteiger partial charge in [-0.3, -0.25) is 9.89 Å². The number of halogens is 3. The van der Waals surface area contributed by atoms with Crippen molar-refractivity contribution in [3.63, 3.8) is 0 Å². The Bertz CT molecular complexity index is 814. The lowest BCUT2D eigenvalue weighted by Crippen LogP contribution is -2.47. The number of aromatic amines is 1. The Morgan fingerprint density at radius 3 is 2.69 bits per heavy atom. The number of carbonyl (C=O) groups is 2. The smallest absolute Gasteiger partial charge is 0.406 e. The second-order valence-electron chi connectivity index (χ2n) is 6.41. The summed E-state index contributed by atoms with van der Waals surface area (Å²) in [5, 5.41) is 7.02. The molecule has 1 aromatic heterocycles. The van der Waals surface area contributed by atoms with Crippen LogP contribution < -0.4 is 0 Å². The summed E-state index contributed by atoms with van der Waals surface area (Å²) < 4.78 is 43.3. The van der Waals surface area contributed by atoms with Crippen LogP contribution >= 0.6 is 0 Å². The van der Waals surface area contributed by atoms with Crippen molar-refractivity contribution in [3.8, 4) is 0 Å². The second-order valence-corrected chi connectivity index (χ2v) is 6.41. The molecule has 0 aliphatic heterocycles. The number of esters is 1. The molecule has 3 rings (SSSR count). The fourth-order valence-electron chi connectivity index (χ4n) is 2.88. The molecule has 1 unspecified atom stereocenters. The van der Waals surface area contributed by atoms with Gasteiger partial charge in [0.2, 0.25) is 0 Å². The first-order valence-corrected chi connectivity index (χ1v) is 8.22. The van der Waals surface area contributed by atoms with Gasteiger partial charge < -0.3 is 9.64 Å². The number of aromatic nitrogens is 2. The van der Waals surface area contributed by atoms with Crippen LogP contribution in [0.2, 0.25) is 0 Å². The monoisotopic (exact) mass is 369 g/mol. The molecule has 1 amide bonds. The number of nitrogens with one attached hydrogen (secondary N) is 1. The van der Waals surface area contributed by atoms with Crippen molar-refractivity contribution in [1.29, 1.82) is 0 Å². The van der Waals surface area contributed by atoms with Gasteiger partial charge in [-0.15, -0.1) is 0 Å². The van der Waals surface area contributed by atoms with E-state index >= 15 is 0 Å². The molecule has 1 saturated carbocycles. The molecular weight excluding hydrogens is 351 g/mol. The van der Waals surface area contributed by atoms with E-state index in [9.17, 15) is 22.8 Å². The summed E-state index contributed by atoms with van der Waals surface area (Å²) >= 11 is 0. The Labute approximate surface area is 147 Å². The van der Waals surface area contributed by atoms with Crippen LogP contribution in [0.4, 0.5) is 13.2 Å². The number of benzene rings is 1. The predicted octanol–water partition coefficient (Wildman–Crippen LogP) is 2.91. The van der Waals surface area contributed by atoms with Gasteiger partial charge in [0, 0.05) is 11.4 Å². The van der Waals surface area contributed by atoms with Crippen LogP contribution in [0.1, 0.15) is 30.3 Å². The van der Waals surface area contributed by atoms with Gasteiger partial charge in [0.15, 0.2) is 12.3 Å². The first-order valence-electron chi connectivity index (χ1n) is 8.22. The molecule has 1 aromatic carbocycles. The van der Waals surface area contributed by atoms with Crippen molar-refractivity contribution in [2.24, 2.45) is 5.92 Å². The predicted molar refractivity (Wildman–Crippen MR) is 86.3 cm³/mol. The Balaban J connectivity index is 1.66. The number of fused-ring (bicyclic) bond motifs is 1. The van der Waals surface area contributed by atoms with Gasteiger partial charge >= 0.3 is 12.1 Å². The number of hydrogen-bond donors (Lipinski definition) is 1. The summed E-state index contributed by atoms with van der Waals surface area (Å²) in [5.41, 5.74) is 0.609. The molecule has 1 aliphatic carbocycles. The van der Waals surface area contributed by atoms with Crippen molar-refractivity contribution >= 4 is 22.8 Å². The molecule has 140 valence electrons. The molecule has 0 spiro atoms. The summed E-state index contributed by atoms with van der Waals surface area (Å²) in [6.45, 7) is -0.524. The van der Waals surface area contributed by atoms with E-state index in [0.717, 1.165) is 17.7 Å². The topological polar surface area (TPSA) is 75.3 Å². The minimum atomic E-state index is -4.51. The van der Waals surface area contributed by atoms with Gasteiger partial charge in [-0.05, 0) is 31.7 Å². The van der Waals surface area contributed by atoms with Crippen LogP contribution in [0.3, 0.4) is 0 Å². The third kappa shape index (κ3) is 4.14. The minimum Gasteiger partial charge on any atom is -0.451 e. The third-order valence-corrected chi connectivity index (χ3v) is 4.46. The molecule has 0 bridgehead atoms. The summed E-state index contributed by atoms with van der Waals surface area (Å²) in [5.74, 6) is -1.66. The zero-order valence-electron chi connectivity index (χ0n) is 14.0. The number of hydrogen-bond acceptors (Lipinski definition) is 4. The zero-order valence-corrected chi connectivity index (χ0v) is 14.0. The zero-order chi connectivity index (χ0) is 18.9. The minimum absolute atomic E-state index is 0.00832. The van der Waals surface area contributed by atoms with Crippen LogP contribution in [0.5, 0.6) is 0 Å². The largest absolute Gasteiger partial charge is 0.451 e. The van der Waals surface area contributed by atoms with E-state index in [2.05, 4.69) is 10.2 Å². The van der Waals surface area contributed by atoms with E-state index in [4.69, 9.17) is 4.74 Å². The van der Waals surface area contributed by atoms with E-state index in [1.807, 2.05) is 0 Å². The van der Waals surface area contributed by atoms with Crippen LogP contribution in [0.25, 0.3) is 10.9 Å². The molecule has 1 aliphatic rings. The summed E-state index contributed by atoms with van der Waals surface area (Å²) in [4.78, 5) is 25.1. The van der Waals surface area contributed by atoms with Gasteiger partial charge in [-0.2, -0.15) is 18.3 Å². The molecule has 0 saturated heterocycles. The second kappa shape index (κ2) is 6.97. The number of ether oxygens (including phenoxy) is 1. The fraction of sp³-hybridized carbons (Fsp3) is 0.471. The average Bonchev–Trinajstić information content (AvgIpc) is 3.35. The van der Waals surface area contributed by atoms with Crippen LogP contribution in [0.15, 0.2) is 24.3 Å². The molecule has 1 heterocycles. The van der Waals surface area contributed by atoms with Crippen molar-refractivity contribution in [3.05, 3.63) is 30.0 Å². The Morgan fingerprint density at radius 2 is 2.04 bits per heavy atom. The molecule has 1 atom stereocenters. The Hall–Kier alpha value is -2.58. The molecule has 6 nitrogen and oxygen atoms in total. The molecule has 1 fully saturated rings. The normalized spacial score (nSPS) is 15.7. The van der Waals surface area contributed by atoms with Crippen LogP contribution in [-0.2, 0) is 9.53 Å². The van der Waals surface area contributed by atoms with Crippen molar-refractivity contribution in [2.45, 2.75) is 32.0 Å². The maximum atomic E-state index is 12.8. The number of amides is 1. The lowest BCUT2D eigenvalue weighted by molar-refractivity contribution is -0.167. The number of nitrogens with zero attached hydrogens (tertiary/aromatic N) is 2. The van der Waals surface area contributed by atoms with Crippen LogP contribution in [0, 0.1) is 5.92 Å². The average molecular weight is 369 g/mol. The number of carbonyl (C=O) groups excluding carboxylic acids is 2. The molecule has 26 heavy (non-hydrogen) atoms. The highest BCUT2D eigenvalue weighted by atomic mass is 19.4. The highest BCUT2D eigenvalue weighted by molar-refractivity contribution is 6.02. The first-order chi connectivity index (χ1) is 12.3. The highest BCUT2D eigenvalue weighted by Gasteiger charge is 2.40. The Kier molecular flexibility index (Phi) is 4.88. The fourth-order valence-corrected chi connectivity index (χ4v) is 2.88. The molecule has 0 radical (unpaired) electrons. The molecule has 9 heteroatoms. The number of alkyl halides is 3. The van der Waals surface area contributed by atoms with E-state index in [-0.39, 0.29) is 11.6 Å². The van der Waals surface area contributed by atoms with E-state index in [0.29, 0.717) is 10.9 Å². The number of rotatable bonds is 6. The van der Waals surface area contributed by atoms with Gasteiger partial charge in [0.05, 0.1) is 5.52 Å².